The molecular weight excluding hydrogens is 228 g/mol. The maximum Gasteiger partial charge on any atom is 0.343 e. The van der Waals surface area contributed by atoms with E-state index in [-0.39, 0.29) is 24.4 Å². The van der Waals surface area contributed by atoms with E-state index in [1.807, 2.05) is 0 Å². The Morgan fingerprint density at radius 1 is 1.76 bits per heavy atom. The average molecular weight is 238 g/mol. The van der Waals surface area contributed by atoms with Crippen molar-refractivity contribution in [1.82, 2.24) is 9.78 Å². The SMILES string of the molecule is CCOC(=O)c1cnn2c1NC=C([N+](=O)[O-])C2. The van der Waals surface area contributed by atoms with Crippen LogP contribution in [0.4, 0.5) is 5.82 Å². The summed E-state index contributed by atoms with van der Waals surface area (Å²) in [4.78, 5) is 21.6. The van der Waals surface area contributed by atoms with Crippen LogP contribution in [0.2, 0.25) is 0 Å². The molecule has 90 valence electrons. The zero-order valence-corrected chi connectivity index (χ0v) is 9.04. The van der Waals surface area contributed by atoms with Crippen LogP contribution >= 0.6 is 0 Å². The van der Waals surface area contributed by atoms with E-state index in [2.05, 4.69) is 10.4 Å². The van der Waals surface area contributed by atoms with Crippen LogP contribution in [0, 0.1) is 10.1 Å². The van der Waals surface area contributed by atoms with Gasteiger partial charge in [0.15, 0.2) is 0 Å². The second kappa shape index (κ2) is 4.24. The number of aromatic nitrogens is 2. The summed E-state index contributed by atoms with van der Waals surface area (Å²) in [7, 11) is 0. The van der Waals surface area contributed by atoms with Gasteiger partial charge in [0, 0.05) is 0 Å². The Bertz CT molecular complexity index is 505. The topological polar surface area (TPSA) is 99.3 Å². The standard InChI is InChI=1S/C9H10N4O4/c1-2-17-9(14)7-4-11-12-5-6(13(15)16)3-10-8(7)12/h3-4,10H,2,5H2,1H3. The Labute approximate surface area is 96.0 Å². The van der Waals surface area contributed by atoms with Gasteiger partial charge in [-0.1, -0.05) is 0 Å². The molecule has 17 heavy (non-hydrogen) atoms. The van der Waals surface area contributed by atoms with Crippen molar-refractivity contribution < 1.29 is 14.5 Å². The van der Waals surface area contributed by atoms with E-state index >= 15 is 0 Å². The minimum atomic E-state index is -0.501. The summed E-state index contributed by atoms with van der Waals surface area (Å²) >= 11 is 0. The summed E-state index contributed by atoms with van der Waals surface area (Å²) in [5, 5.41) is 17.2. The van der Waals surface area contributed by atoms with Crippen molar-refractivity contribution in [2.24, 2.45) is 0 Å². The molecule has 0 radical (unpaired) electrons. The Hall–Kier alpha value is -2.38. The number of allylic oxidation sites excluding steroid dienone is 1. The lowest BCUT2D eigenvalue weighted by Crippen LogP contribution is -2.19. The molecule has 1 aromatic heterocycles. The minimum absolute atomic E-state index is 0.0176. The minimum Gasteiger partial charge on any atom is -0.462 e. The monoisotopic (exact) mass is 238 g/mol. The predicted octanol–water partition coefficient (Wildman–Crippen LogP) is 0.603. The molecule has 8 heteroatoms. The molecule has 0 saturated heterocycles. The van der Waals surface area contributed by atoms with Crippen molar-refractivity contribution in [2.45, 2.75) is 13.5 Å². The molecule has 1 N–H and O–H groups in total. The fraction of sp³-hybridized carbons (Fsp3) is 0.333. The van der Waals surface area contributed by atoms with Gasteiger partial charge in [-0.25, -0.2) is 9.48 Å². The van der Waals surface area contributed by atoms with Crippen LogP contribution in [0.15, 0.2) is 18.1 Å². The quantitative estimate of drug-likeness (QED) is 0.470. The van der Waals surface area contributed by atoms with Gasteiger partial charge >= 0.3 is 5.97 Å². The number of carbonyl (C=O) groups excluding carboxylic acids is 1. The summed E-state index contributed by atoms with van der Waals surface area (Å²) in [5.74, 6) is -0.0896. The van der Waals surface area contributed by atoms with Crippen molar-refractivity contribution in [1.29, 1.82) is 0 Å². The maximum absolute atomic E-state index is 11.5. The predicted molar refractivity (Wildman–Crippen MR) is 56.9 cm³/mol. The van der Waals surface area contributed by atoms with E-state index in [9.17, 15) is 14.9 Å². The third-order valence-corrected chi connectivity index (χ3v) is 2.26. The lowest BCUT2D eigenvalue weighted by Gasteiger charge is -2.12. The number of nitrogens with zero attached hydrogens (tertiary/aromatic N) is 3. The first-order valence-corrected chi connectivity index (χ1v) is 4.96. The normalized spacial score (nSPS) is 13.4. The molecule has 0 fully saturated rings. The molecule has 0 aromatic carbocycles. The number of carbonyl (C=O) groups is 1. The summed E-state index contributed by atoms with van der Waals surface area (Å²) in [6, 6.07) is 0. The molecule has 0 atom stereocenters. The third-order valence-electron chi connectivity index (χ3n) is 2.26. The molecule has 1 aromatic rings. The van der Waals surface area contributed by atoms with Gasteiger partial charge in [-0.3, -0.25) is 10.1 Å². The summed E-state index contributed by atoms with van der Waals surface area (Å²) < 4.78 is 6.19. The summed E-state index contributed by atoms with van der Waals surface area (Å²) in [5.41, 5.74) is 0.251. The highest BCUT2D eigenvalue weighted by molar-refractivity contribution is 5.94. The molecule has 0 spiro atoms. The van der Waals surface area contributed by atoms with Crippen molar-refractivity contribution >= 4 is 11.8 Å². The van der Waals surface area contributed by atoms with Gasteiger partial charge in [0.2, 0.25) is 0 Å². The highest BCUT2D eigenvalue weighted by atomic mass is 16.6. The largest absolute Gasteiger partial charge is 0.462 e. The number of hydrogen-bond acceptors (Lipinski definition) is 6. The first kappa shape index (κ1) is 11.1. The number of anilines is 1. The Kier molecular flexibility index (Phi) is 2.77. The Morgan fingerprint density at radius 2 is 2.53 bits per heavy atom. The van der Waals surface area contributed by atoms with Gasteiger partial charge in [-0.2, -0.15) is 5.10 Å². The second-order valence-electron chi connectivity index (χ2n) is 3.32. The molecule has 0 aliphatic carbocycles. The second-order valence-corrected chi connectivity index (χ2v) is 3.32. The van der Waals surface area contributed by atoms with E-state index in [4.69, 9.17) is 4.74 Å². The average Bonchev–Trinajstić information content (AvgIpc) is 2.71. The van der Waals surface area contributed by atoms with Gasteiger partial charge < -0.3 is 10.1 Å². The van der Waals surface area contributed by atoms with E-state index in [0.717, 1.165) is 0 Å². The highest BCUT2D eigenvalue weighted by Crippen LogP contribution is 2.21. The fourth-order valence-corrected chi connectivity index (χ4v) is 1.48. The van der Waals surface area contributed by atoms with Crippen LogP contribution < -0.4 is 5.32 Å². The fourth-order valence-electron chi connectivity index (χ4n) is 1.48. The maximum atomic E-state index is 11.5. The van der Waals surface area contributed by atoms with Crippen molar-refractivity contribution in [3.05, 3.63) is 33.8 Å². The Balaban J connectivity index is 2.25. The molecule has 0 amide bonds. The first-order valence-electron chi connectivity index (χ1n) is 4.96. The number of hydrogen-bond donors (Lipinski definition) is 1. The van der Waals surface area contributed by atoms with Crippen LogP contribution in [0.3, 0.4) is 0 Å². The van der Waals surface area contributed by atoms with Gasteiger partial charge in [-0.05, 0) is 6.92 Å². The zero-order valence-electron chi connectivity index (χ0n) is 9.04. The van der Waals surface area contributed by atoms with Gasteiger partial charge in [0.25, 0.3) is 5.70 Å². The van der Waals surface area contributed by atoms with E-state index in [0.29, 0.717) is 5.82 Å². The van der Waals surface area contributed by atoms with E-state index < -0.39 is 10.9 Å². The number of esters is 1. The highest BCUT2D eigenvalue weighted by Gasteiger charge is 2.25. The van der Waals surface area contributed by atoms with Crippen molar-refractivity contribution in [2.75, 3.05) is 11.9 Å². The van der Waals surface area contributed by atoms with Crippen molar-refractivity contribution in [3.8, 4) is 0 Å². The summed E-state index contributed by atoms with van der Waals surface area (Å²) in [6.07, 6.45) is 2.58. The van der Waals surface area contributed by atoms with Crippen LogP contribution in [0.1, 0.15) is 17.3 Å². The smallest absolute Gasteiger partial charge is 0.343 e. The number of nitrogens with one attached hydrogen (secondary N) is 1. The van der Waals surface area contributed by atoms with Crippen LogP contribution in [0.5, 0.6) is 0 Å². The summed E-state index contributed by atoms with van der Waals surface area (Å²) in [6.45, 7) is 1.99. The molecule has 2 rings (SSSR count). The van der Waals surface area contributed by atoms with Crippen LogP contribution in [-0.2, 0) is 11.3 Å². The molecule has 8 nitrogen and oxygen atoms in total. The van der Waals surface area contributed by atoms with Gasteiger partial charge in [-0.15, -0.1) is 0 Å². The molecule has 1 aliphatic rings. The third kappa shape index (κ3) is 1.96. The lowest BCUT2D eigenvalue weighted by molar-refractivity contribution is -0.429. The van der Waals surface area contributed by atoms with Gasteiger partial charge in [0.05, 0.1) is 23.9 Å². The zero-order chi connectivity index (χ0) is 12.4. The molecule has 2 heterocycles. The lowest BCUT2D eigenvalue weighted by atomic mass is 10.3. The molecule has 1 aliphatic heterocycles. The van der Waals surface area contributed by atoms with Crippen LogP contribution in [0.25, 0.3) is 0 Å². The van der Waals surface area contributed by atoms with Crippen molar-refractivity contribution in [3.63, 3.8) is 0 Å². The number of nitro groups is 1. The number of fused-ring (bicyclic) bond motifs is 1. The molecule has 0 saturated carbocycles. The van der Waals surface area contributed by atoms with Crippen LogP contribution in [-0.4, -0.2) is 27.3 Å². The first-order chi connectivity index (χ1) is 8.13. The van der Waals surface area contributed by atoms with E-state index in [1.165, 1.54) is 17.1 Å². The number of ether oxygens (including phenoxy) is 1. The molecule has 0 bridgehead atoms. The molecule has 0 unspecified atom stereocenters. The van der Waals surface area contributed by atoms with E-state index in [1.54, 1.807) is 6.92 Å². The van der Waals surface area contributed by atoms with Gasteiger partial charge in [0.1, 0.15) is 17.9 Å². The number of rotatable bonds is 3. The molecular formula is C9H10N4O4. The Morgan fingerprint density at radius 3 is 3.18 bits per heavy atom.